The zero-order valence-corrected chi connectivity index (χ0v) is 14.2. The minimum Gasteiger partial charge on any atom is -0.406 e. The molecule has 0 bridgehead atoms. The van der Waals surface area contributed by atoms with Gasteiger partial charge < -0.3 is 15.8 Å². The Balaban J connectivity index is 1.73. The van der Waals surface area contributed by atoms with Crippen LogP contribution in [0.1, 0.15) is 0 Å². The summed E-state index contributed by atoms with van der Waals surface area (Å²) in [7, 11) is 0. The first kappa shape index (κ1) is 17.7. The van der Waals surface area contributed by atoms with Gasteiger partial charge >= 0.3 is 12.4 Å². The molecular weight excluding hydrogens is 373 g/mol. The second kappa shape index (κ2) is 6.45. The molecule has 0 atom stereocenters. The predicted octanol–water partition coefficient (Wildman–Crippen LogP) is 4.57. The van der Waals surface area contributed by atoms with Crippen LogP contribution in [-0.4, -0.2) is 21.9 Å². The molecule has 9 heteroatoms. The SMILES string of the molecule is NC(=O)Nc1ccc2c(ccc3c2ncn3-c2ccc(OC(F)(F)F)cc2)c1. The van der Waals surface area contributed by atoms with Crippen LogP contribution in [0.5, 0.6) is 5.75 Å². The number of ether oxygens (including phenoxy) is 1. The van der Waals surface area contributed by atoms with E-state index in [1.54, 1.807) is 23.0 Å². The molecule has 0 aliphatic heterocycles. The summed E-state index contributed by atoms with van der Waals surface area (Å²) in [6, 6.07) is 13.9. The van der Waals surface area contributed by atoms with Crippen LogP contribution in [0.25, 0.3) is 27.5 Å². The molecule has 0 fully saturated rings. The molecule has 1 aromatic heterocycles. The maximum Gasteiger partial charge on any atom is 0.573 e. The van der Waals surface area contributed by atoms with Crippen molar-refractivity contribution in [1.29, 1.82) is 0 Å². The summed E-state index contributed by atoms with van der Waals surface area (Å²) in [6.07, 6.45) is -3.14. The van der Waals surface area contributed by atoms with Gasteiger partial charge in [-0.2, -0.15) is 0 Å². The number of alkyl halides is 3. The third kappa shape index (κ3) is 3.41. The number of benzene rings is 3. The molecule has 0 radical (unpaired) electrons. The highest BCUT2D eigenvalue weighted by Gasteiger charge is 2.31. The number of nitrogens with zero attached hydrogens (tertiary/aromatic N) is 2. The van der Waals surface area contributed by atoms with E-state index < -0.39 is 12.4 Å². The normalized spacial score (nSPS) is 11.7. The molecule has 6 nitrogen and oxygen atoms in total. The molecule has 28 heavy (non-hydrogen) atoms. The highest BCUT2D eigenvalue weighted by atomic mass is 19.4. The Labute approximate surface area is 156 Å². The Morgan fingerprint density at radius 3 is 2.50 bits per heavy atom. The smallest absolute Gasteiger partial charge is 0.406 e. The predicted molar refractivity (Wildman–Crippen MR) is 98.5 cm³/mol. The van der Waals surface area contributed by atoms with E-state index in [1.165, 1.54) is 24.3 Å². The summed E-state index contributed by atoms with van der Waals surface area (Å²) in [4.78, 5) is 15.4. The third-order valence-corrected chi connectivity index (χ3v) is 4.15. The van der Waals surface area contributed by atoms with Crippen LogP contribution in [-0.2, 0) is 0 Å². The summed E-state index contributed by atoms with van der Waals surface area (Å²) in [6.45, 7) is 0. The van der Waals surface area contributed by atoms with E-state index in [0.717, 1.165) is 21.8 Å². The van der Waals surface area contributed by atoms with E-state index in [2.05, 4.69) is 15.0 Å². The van der Waals surface area contributed by atoms with Crippen LogP contribution in [0.4, 0.5) is 23.7 Å². The van der Waals surface area contributed by atoms with Crippen molar-refractivity contribution in [3.8, 4) is 11.4 Å². The Morgan fingerprint density at radius 1 is 1.07 bits per heavy atom. The van der Waals surface area contributed by atoms with Gasteiger partial charge in [-0.1, -0.05) is 12.1 Å². The molecule has 0 aliphatic carbocycles. The molecule has 4 rings (SSSR count). The van der Waals surface area contributed by atoms with Gasteiger partial charge in [0, 0.05) is 16.8 Å². The van der Waals surface area contributed by atoms with Crippen LogP contribution >= 0.6 is 0 Å². The standard InChI is InChI=1S/C19H13F3N4O2/c20-19(21,22)28-14-5-3-13(4-6-14)26-10-24-17-15-7-2-12(25-18(23)27)9-11(15)1-8-16(17)26/h1-10H,(H3,23,25,27). The van der Waals surface area contributed by atoms with Crippen LogP contribution in [0, 0.1) is 0 Å². The fraction of sp³-hybridized carbons (Fsp3) is 0.0526. The van der Waals surface area contributed by atoms with Crippen molar-refractivity contribution in [3.63, 3.8) is 0 Å². The molecular formula is C19H13F3N4O2. The number of hydrogen-bond acceptors (Lipinski definition) is 3. The first-order chi connectivity index (χ1) is 13.3. The molecule has 2 amide bonds. The minimum absolute atomic E-state index is 0.291. The van der Waals surface area contributed by atoms with Crippen LogP contribution in [0.3, 0.4) is 0 Å². The summed E-state index contributed by atoms with van der Waals surface area (Å²) >= 11 is 0. The highest BCUT2D eigenvalue weighted by Crippen LogP contribution is 2.29. The number of aromatic nitrogens is 2. The fourth-order valence-electron chi connectivity index (χ4n) is 3.04. The van der Waals surface area contributed by atoms with E-state index >= 15 is 0 Å². The Bertz CT molecular complexity index is 1180. The second-order valence-electron chi connectivity index (χ2n) is 6.01. The molecule has 0 unspecified atom stereocenters. The number of rotatable bonds is 3. The highest BCUT2D eigenvalue weighted by molar-refractivity contribution is 6.06. The topological polar surface area (TPSA) is 82.2 Å². The lowest BCUT2D eigenvalue weighted by atomic mass is 10.1. The summed E-state index contributed by atoms with van der Waals surface area (Å²) in [5.41, 5.74) is 7.85. The quantitative estimate of drug-likeness (QED) is 0.541. The van der Waals surface area contributed by atoms with Crippen molar-refractivity contribution in [2.45, 2.75) is 6.36 Å². The Morgan fingerprint density at radius 2 is 1.82 bits per heavy atom. The zero-order valence-electron chi connectivity index (χ0n) is 14.2. The largest absolute Gasteiger partial charge is 0.573 e. The summed E-state index contributed by atoms with van der Waals surface area (Å²) in [5, 5.41) is 4.24. The molecule has 0 aliphatic rings. The van der Waals surface area contributed by atoms with Gasteiger partial charge in [0.25, 0.3) is 0 Å². The number of anilines is 1. The lowest BCUT2D eigenvalue weighted by Gasteiger charge is -2.10. The summed E-state index contributed by atoms with van der Waals surface area (Å²) < 4.78 is 42.6. The van der Waals surface area contributed by atoms with Crippen molar-refractivity contribution in [2.75, 3.05) is 5.32 Å². The van der Waals surface area contributed by atoms with E-state index in [0.29, 0.717) is 11.4 Å². The maximum absolute atomic E-state index is 12.3. The van der Waals surface area contributed by atoms with Crippen molar-refractivity contribution in [3.05, 3.63) is 60.9 Å². The molecule has 0 saturated carbocycles. The second-order valence-corrected chi connectivity index (χ2v) is 6.01. The number of carbonyl (C=O) groups is 1. The first-order valence-electron chi connectivity index (χ1n) is 8.13. The van der Waals surface area contributed by atoms with Gasteiger partial charge in [0.15, 0.2) is 0 Å². The number of imidazole rings is 1. The van der Waals surface area contributed by atoms with Crippen molar-refractivity contribution in [2.24, 2.45) is 5.73 Å². The van der Waals surface area contributed by atoms with E-state index in [1.807, 2.05) is 18.2 Å². The van der Waals surface area contributed by atoms with Gasteiger partial charge in [-0.25, -0.2) is 9.78 Å². The molecule has 0 saturated heterocycles. The van der Waals surface area contributed by atoms with Gasteiger partial charge in [-0.05, 0) is 47.9 Å². The average Bonchev–Trinajstić information content (AvgIpc) is 3.04. The number of amides is 2. The fourth-order valence-corrected chi connectivity index (χ4v) is 3.04. The Hall–Kier alpha value is -3.75. The number of halogens is 3. The van der Waals surface area contributed by atoms with E-state index in [-0.39, 0.29) is 5.75 Å². The number of urea groups is 1. The van der Waals surface area contributed by atoms with Crippen LogP contribution in [0.2, 0.25) is 0 Å². The first-order valence-corrected chi connectivity index (χ1v) is 8.13. The van der Waals surface area contributed by atoms with Crippen LogP contribution < -0.4 is 15.8 Å². The molecule has 4 aromatic rings. The maximum atomic E-state index is 12.3. The average molecular weight is 386 g/mol. The molecule has 1 heterocycles. The minimum atomic E-state index is -4.73. The lowest BCUT2D eigenvalue weighted by molar-refractivity contribution is -0.274. The number of nitrogens with two attached hydrogens (primary N) is 1. The number of primary amides is 1. The third-order valence-electron chi connectivity index (χ3n) is 4.15. The number of nitrogens with one attached hydrogen (secondary N) is 1. The zero-order chi connectivity index (χ0) is 19.9. The molecule has 3 N–H and O–H groups in total. The number of hydrogen-bond donors (Lipinski definition) is 2. The van der Waals surface area contributed by atoms with Crippen molar-refractivity contribution >= 4 is 33.5 Å². The lowest BCUT2D eigenvalue weighted by Crippen LogP contribution is -2.19. The van der Waals surface area contributed by atoms with E-state index in [4.69, 9.17) is 5.73 Å². The van der Waals surface area contributed by atoms with Crippen molar-refractivity contribution in [1.82, 2.24) is 9.55 Å². The monoisotopic (exact) mass is 386 g/mol. The molecule has 3 aromatic carbocycles. The van der Waals surface area contributed by atoms with Gasteiger partial charge in [0.1, 0.15) is 12.1 Å². The summed E-state index contributed by atoms with van der Waals surface area (Å²) in [5.74, 6) is -0.291. The molecule has 0 spiro atoms. The van der Waals surface area contributed by atoms with Gasteiger partial charge in [-0.15, -0.1) is 13.2 Å². The van der Waals surface area contributed by atoms with E-state index in [9.17, 15) is 18.0 Å². The molecule has 142 valence electrons. The van der Waals surface area contributed by atoms with Gasteiger partial charge in [0.2, 0.25) is 0 Å². The van der Waals surface area contributed by atoms with Crippen molar-refractivity contribution < 1.29 is 22.7 Å². The number of carbonyl (C=O) groups excluding carboxylic acids is 1. The van der Waals surface area contributed by atoms with Gasteiger partial charge in [-0.3, -0.25) is 4.57 Å². The van der Waals surface area contributed by atoms with Gasteiger partial charge in [0.05, 0.1) is 11.0 Å². The van der Waals surface area contributed by atoms with Crippen LogP contribution in [0.15, 0.2) is 60.9 Å². The Kier molecular flexibility index (Phi) is 4.07. The number of fused-ring (bicyclic) bond motifs is 3.